The highest BCUT2D eigenvalue weighted by molar-refractivity contribution is 6.09. The average molecular weight is 382 g/mol. The number of benzene rings is 2. The molecule has 3 atom stereocenters. The molecule has 7 heteroatoms. The molecule has 1 amide bonds. The summed E-state index contributed by atoms with van der Waals surface area (Å²) in [6, 6.07) is 13.6. The van der Waals surface area contributed by atoms with Crippen molar-refractivity contribution in [1.82, 2.24) is 15.6 Å². The predicted molar refractivity (Wildman–Crippen MR) is 106 cm³/mol. The Morgan fingerprint density at radius 1 is 1.25 bits per heavy atom. The number of halogens is 1. The van der Waals surface area contributed by atoms with Gasteiger partial charge < -0.3 is 26.5 Å². The molecule has 0 radical (unpaired) electrons. The Labute approximate surface area is 161 Å². The van der Waals surface area contributed by atoms with Crippen LogP contribution in [0.3, 0.4) is 0 Å². The van der Waals surface area contributed by atoms with E-state index in [9.17, 15) is 14.3 Å². The van der Waals surface area contributed by atoms with Crippen LogP contribution in [0.25, 0.3) is 22.0 Å². The standard InChI is InChI=1S/C21H23FN4O2/c22-14-6-7-16-15(8-14)18(12-4-2-1-3-5-12)19(26-16)21(28)25-11-17-20(27)13(9-23)10-24-17/h1-8,13,17,20,24,26-27H,9-11,23H2,(H,25,28)/t13-,17+,20-/m0/s1. The number of aromatic amines is 1. The quantitative estimate of drug-likeness (QED) is 0.463. The van der Waals surface area contributed by atoms with Crippen LogP contribution >= 0.6 is 0 Å². The Balaban J connectivity index is 1.64. The Kier molecular flexibility index (Phi) is 5.13. The molecular weight excluding hydrogens is 359 g/mol. The lowest BCUT2D eigenvalue weighted by atomic mass is 10.0. The minimum Gasteiger partial charge on any atom is -0.391 e. The summed E-state index contributed by atoms with van der Waals surface area (Å²) in [4.78, 5) is 16.1. The Morgan fingerprint density at radius 3 is 2.75 bits per heavy atom. The van der Waals surface area contributed by atoms with Crippen LogP contribution in [0.1, 0.15) is 10.5 Å². The zero-order valence-corrected chi connectivity index (χ0v) is 15.3. The van der Waals surface area contributed by atoms with Gasteiger partial charge in [-0.15, -0.1) is 0 Å². The number of aromatic nitrogens is 1. The van der Waals surface area contributed by atoms with Gasteiger partial charge in [0.05, 0.1) is 12.1 Å². The first kappa shape index (κ1) is 18.6. The molecule has 1 saturated heterocycles. The minimum absolute atomic E-state index is 0.0159. The molecule has 0 saturated carbocycles. The van der Waals surface area contributed by atoms with Gasteiger partial charge in [0.15, 0.2) is 0 Å². The highest BCUT2D eigenvalue weighted by atomic mass is 19.1. The molecule has 146 valence electrons. The van der Waals surface area contributed by atoms with Crippen LogP contribution in [-0.4, -0.2) is 47.8 Å². The third-order valence-electron chi connectivity index (χ3n) is 5.37. The van der Waals surface area contributed by atoms with Crippen LogP contribution in [0.5, 0.6) is 0 Å². The van der Waals surface area contributed by atoms with E-state index in [4.69, 9.17) is 5.73 Å². The van der Waals surface area contributed by atoms with Crippen LogP contribution in [-0.2, 0) is 0 Å². The number of carbonyl (C=O) groups excluding carboxylic acids is 1. The van der Waals surface area contributed by atoms with Crippen LogP contribution in [0.4, 0.5) is 4.39 Å². The highest BCUT2D eigenvalue weighted by Crippen LogP contribution is 2.33. The van der Waals surface area contributed by atoms with Crippen molar-refractivity contribution in [1.29, 1.82) is 0 Å². The molecule has 1 fully saturated rings. The maximum atomic E-state index is 13.8. The number of fused-ring (bicyclic) bond motifs is 1. The molecule has 0 aliphatic carbocycles. The number of hydrogen-bond acceptors (Lipinski definition) is 4. The van der Waals surface area contributed by atoms with Crippen molar-refractivity contribution < 1.29 is 14.3 Å². The molecule has 0 unspecified atom stereocenters. The summed E-state index contributed by atoms with van der Waals surface area (Å²) in [6.07, 6.45) is -0.601. The second kappa shape index (κ2) is 7.71. The Bertz CT molecular complexity index is 989. The summed E-state index contributed by atoms with van der Waals surface area (Å²) >= 11 is 0. The maximum absolute atomic E-state index is 13.8. The van der Waals surface area contributed by atoms with Gasteiger partial charge in [-0.1, -0.05) is 30.3 Å². The highest BCUT2D eigenvalue weighted by Gasteiger charge is 2.33. The van der Waals surface area contributed by atoms with Gasteiger partial charge in [0.25, 0.3) is 5.91 Å². The molecule has 0 spiro atoms. The molecule has 2 aromatic carbocycles. The molecule has 1 aliphatic rings. The fourth-order valence-corrected chi connectivity index (χ4v) is 3.82. The van der Waals surface area contributed by atoms with E-state index in [-0.39, 0.29) is 30.2 Å². The smallest absolute Gasteiger partial charge is 0.268 e. The molecule has 0 bridgehead atoms. The van der Waals surface area contributed by atoms with E-state index in [1.54, 1.807) is 6.07 Å². The SMILES string of the molecule is NC[C@H]1CN[C@H](CNC(=O)c2[nH]c3ccc(F)cc3c2-c2ccccc2)[C@H]1O. The summed E-state index contributed by atoms with van der Waals surface area (Å²) in [5.74, 6) is -0.680. The number of rotatable bonds is 5. The molecule has 1 aromatic heterocycles. The van der Waals surface area contributed by atoms with Crippen molar-refractivity contribution in [3.05, 3.63) is 60.0 Å². The van der Waals surface area contributed by atoms with Gasteiger partial charge in [-0.3, -0.25) is 4.79 Å². The summed E-state index contributed by atoms with van der Waals surface area (Å²) in [5, 5.41) is 17.0. The van der Waals surface area contributed by atoms with Crippen LogP contribution in [0, 0.1) is 11.7 Å². The molecule has 6 N–H and O–H groups in total. The predicted octanol–water partition coefficient (Wildman–Crippen LogP) is 1.61. The lowest BCUT2D eigenvalue weighted by Gasteiger charge is -2.18. The normalized spacial score (nSPS) is 21.9. The average Bonchev–Trinajstić information content (AvgIpc) is 3.26. The number of amides is 1. The Hall–Kier alpha value is -2.74. The number of nitrogens with one attached hydrogen (secondary N) is 3. The van der Waals surface area contributed by atoms with Gasteiger partial charge >= 0.3 is 0 Å². The molecule has 1 aliphatic heterocycles. The van der Waals surface area contributed by atoms with E-state index in [0.717, 1.165) is 5.56 Å². The minimum atomic E-state index is -0.601. The maximum Gasteiger partial charge on any atom is 0.268 e. The van der Waals surface area contributed by atoms with Crippen molar-refractivity contribution >= 4 is 16.8 Å². The van der Waals surface area contributed by atoms with Crippen molar-refractivity contribution in [2.24, 2.45) is 11.7 Å². The number of H-pyrrole nitrogens is 1. The summed E-state index contributed by atoms with van der Waals surface area (Å²) in [7, 11) is 0. The first-order valence-electron chi connectivity index (χ1n) is 9.35. The molecule has 28 heavy (non-hydrogen) atoms. The summed E-state index contributed by atoms with van der Waals surface area (Å²) < 4.78 is 13.8. The van der Waals surface area contributed by atoms with Crippen LogP contribution in [0.2, 0.25) is 0 Å². The number of nitrogens with two attached hydrogens (primary N) is 1. The van der Waals surface area contributed by atoms with E-state index in [2.05, 4.69) is 15.6 Å². The molecular formula is C21H23FN4O2. The Morgan fingerprint density at radius 2 is 2.04 bits per heavy atom. The van der Waals surface area contributed by atoms with Gasteiger partial charge in [0.1, 0.15) is 11.5 Å². The molecule has 4 rings (SSSR count). The summed E-state index contributed by atoms with van der Waals surface area (Å²) in [6.45, 7) is 1.29. The van der Waals surface area contributed by atoms with E-state index in [1.807, 2.05) is 30.3 Å². The van der Waals surface area contributed by atoms with Crippen molar-refractivity contribution in [2.75, 3.05) is 19.6 Å². The number of hydrogen-bond donors (Lipinski definition) is 5. The first-order valence-corrected chi connectivity index (χ1v) is 9.35. The van der Waals surface area contributed by atoms with Crippen LogP contribution in [0.15, 0.2) is 48.5 Å². The monoisotopic (exact) mass is 382 g/mol. The largest absolute Gasteiger partial charge is 0.391 e. The van der Waals surface area contributed by atoms with E-state index < -0.39 is 6.10 Å². The molecule has 6 nitrogen and oxygen atoms in total. The van der Waals surface area contributed by atoms with E-state index in [0.29, 0.717) is 35.2 Å². The third-order valence-corrected chi connectivity index (χ3v) is 5.37. The van der Waals surface area contributed by atoms with Gasteiger partial charge in [-0.2, -0.15) is 0 Å². The van der Waals surface area contributed by atoms with E-state index in [1.165, 1.54) is 12.1 Å². The lowest BCUT2D eigenvalue weighted by Crippen LogP contribution is -2.43. The number of aliphatic hydroxyl groups excluding tert-OH is 1. The topological polar surface area (TPSA) is 103 Å². The fourth-order valence-electron chi connectivity index (χ4n) is 3.82. The zero-order chi connectivity index (χ0) is 19.7. The third kappa shape index (κ3) is 3.40. The van der Waals surface area contributed by atoms with E-state index >= 15 is 0 Å². The fraction of sp³-hybridized carbons (Fsp3) is 0.286. The van der Waals surface area contributed by atoms with Gasteiger partial charge in [-0.05, 0) is 30.3 Å². The van der Waals surface area contributed by atoms with Crippen molar-refractivity contribution in [3.8, 4) is 11.1 Å². The second-order valence-corrected chi connectivity index (χ2v) is 7.14. The van der Waals surface area contributed by atoms with Crippen molar-refractivity contribution in [2.45, 2.75) is 12.1 Å². The zero-order valence-electron chi connectivity index (χ0n) is 15.3. The second-order valence-electron chi connectivity index (χ2n) is 7.14. The first-order chi connectivity index (χ1) is 13.6. The number of carbonyl (C=O) groups is 1. The summed E-state index contributed by atoms with van der Waals surface area (Å²) in [5.41, 5.74) is 8.19. The molecule has 3 aromatic rings. The van der Waals surface area contributed by atoms with Crippen molar-refractivity contribution in [3.63, 3.8) is 0 Å². The lowest BCUT2D eigenvalue weighted by molar-refractivity contribution is 0.0916. The van der Waals surface area contributed by atoms with Gasteiger partial charge in [0.2, 0.25) is 0 Å². The van der Waals surface area contributed by atoms with Gasteiger partial charge in [0, 0.05) is 35.5 Å². The van der Waals surface area contributed by atoms with Gasteiger partial charge in [-0.25, -0.2) is 4.39 Å². The molecule has 2 heterocycles. The van der Waals surface area contributed by atoms with Crippen LogP contribution < -0.4 is 16.4 Å². The number of aliphatic hydroxyl groups is 1.